The number of halogens is 1. The van der Waals surface area contributed by atoms with Gasteiger partial charge in [-0.25, -0.2) is 0 Å². The smallest absolute Gasteiger partial charge is 0.256 e. The zero-order valence-corrected chi connectivity index (χ0v) is 19.6. The minimum Gasteiger partial charge on any atom is -0.406 e. The number of aromatic nitrogens is 1. The lowest BCUT2D eigenvalue weighted by atomic mass is 9.84. The van der Waals surface area contributed by atoms with Gasteiger partial charge in [-0.2, -0.15) is 0 Å². The van der Waals surface area contributed by atoms with Crippen LogP contribution in [0.1, 0.15) is 16.7 Å². The van der Waals surface area contributed by atoms with Crippen LogP contribution < -0.4 is 5.32 Å². The first-order valence-electron chi connectivity index (χ1n) is 10.9. The van der Waals surface area contributed by atoms with Gasteiger partial charge in [0.05, 0.1) is 0 Å². The average molecular weight is 502 g/mol. The number of carbonyl (C=O) groups excluding carboxylic acids is 1. The second-order valence-corrected chi connectivity index (χ2v) is 9.03. The molecule has 2 heterocycles. The second kappa shape index (κ2) is 8.89. The van der Waals surface area contributed by atoms with E-state index in [1.165, 1.54) is 10.9 Å². The Kier molecular flexibility index (Phi) is 5.79. The van der Waals surface area contributed by atoms with Crippen LogP contribution in [-0.4, -0.2) is 22.5 Å². The lowest BCUT2D eigenvalue weighted by Gasteiger charge is -2.51. The largest absolute Gasteiger partial charge is 0.406 e. The molecule has 6 heteroatoms. The zero-order chi connectivity index (χ0) is 22.8. The maximum atomic E-state index is 13.7. The molecule has 1 aliphatic rings. The van der Waals surface area contributed by atoms with Gasteiger partial charge in [0.1, 0.15) is 0 Å². The van der Waals surface area contributed by atoms with Crippen molar-refractivity contribution in [1.29, 1.82) is 0 Å². The van der Waals surface area contributed by atoms with E-state index in [0.717, 1.165) is 27.5 Å². The van der Waals surface area contributed by atoms with Crippen molar-refractivity contribution in [2.24, 2.45) is 0 Å². The molecule has 1 unspecified atom stereocenters. The molecular weight excluding hydrogens is 478 g/mol. The van der Waals surface area contributed by atoms with E-state index in [-0.39, 0.29) is 5.91 Å². The van der Waals surface area contributed by atoms with Crippen LogP contribution in [-0.2, 0) is 28.1 Å². The summed E-state index contributed by atoms with van der Waals surface area (Å²) >= 11 is 3.49. The molecular formula is C27H24BrN3O2. The number of H-pyrrole nitrogens is 1. The molecule has 166 valence electrons. The van der Waals surface area contributed by atoms with Crippen LogP contribution in [0.3, 0.4) is 0 Å². The highest BCUT2D eigenvalue weighted by molar-refractivity contribution is 9.10. The molecule has 1 amide bonds. The molecule has 1 aliphatic heterocycles. The first-order chi connectivity index (χ1) is 16.1. The fourth-order valence-corrected chi connectivity index (χ4v) is 4.68. The molecule has 1 saturated heterocycles. The van der Waals surface area contributed by atoms with E-state index in [2.05, 4.69) is 44.9 Å². The van der Waals surface area contributed by atoms with Crippen LogP contribution in [0.25, 0.3) is 10.9 Å². The molecule has 0 spiro atoms. The van der Waals surface area contributed by atoms with Crippen molar-refractivity contribution in [2.45, 2.75) is 18.5 Å². The SMILES string of the molecule is C=C1ON(CCc2c[nH]c3ccccc23)C1(C(=O)NCc1ccccc1)c1ccc(Br)cc1. The fraction of sp³-hybridized carbons (Fsp3) is 0.148. The predicted molar refractivity (Wildman–Crippen MR) is 133 cm³/mol. The maximum absolute atomic E-state index is 13.7. The van der Waals surface area contributed by atoms with E-state index < -0.39 is 5.54 Å². The summed E-state index contributed by atoms with van der Waals surface area (Å²) in [4.78, 5) is 22.9. The molecule has 0 bridgehead atoms. The summed E-state index contributed by atoms with van der Waals surface area (Å²) < 4.78 is 0.947. The van der Waals surface area contributed by atoms with Gasteiger partial charge in [0, 0.05) is 34.7 Å². The number of amides is 1. The Morgan fingerprint density at radius 2 is 1.76 bits per heavy atom. The monoisotopic (exact) mass is 501 g/mol. The lowest BCUT2D eigenvalue weighted by Crippen LogP contribution is -2.65. The molecule has 5 nitrogen and oxygen atoms in total. The Morgan fingerprint density at radius 1 is 1.03 bits per heavy atom. The zero-order valence-electron chi connectivity index (χ0n) is 18.1. The molecule has 1 atom stereocenters. The van der Waals surface area contributed by atoms with Crippen LogP contribution in [0.4, 0.5) is 0 Å². The number of hydroxylamine groups is 2. The van der Waals surface area contributed by atoms with Crippen molar-refractivity contribution in [3.8, 4) is 0 Å². The van der Waals surface area contributed by atoms with Gasteiger partial charge >= 0.3 is 0 Å². The third-order valence-electron chi connectivity index (χ3n) is 6.14. The van der Waals surface area contributed by atoms with Gasteiger partial charge in [0.2, 0.25) is 5.54 Å². The molecule has 2 N–H and O–H groups in total. The van der Waals surface area contributed by atoms with E-state index >= 15 is 0 Å². The average Bonchev–Trinajstić information content (AvgIpc) is 3.25. The van der Waals surface area contributed by atoms with E-state index in [9.17, 15) is 4.79 Å². The van der Waals surface area contributed by atoms with Crippen LogP contribution in [0.15, 0.2) is 102 Å². The fourth-order valence-electron chi connectivity index (χ4n) is 4.41. The van der Waals surface area contributed by atoms with Crippen molar-refractivity contribution >= 4 is 32.7 Å². The number of hydrogen-bond acceptors (Lipinski definition) is 3. The van der Waals surface area contributed by atoms with E-state index in [0.29, 0.717) is 18.8 Å². The molecule has 5 rings (SSSR count). The summed E-state index contributed by atoms with van der Waals surface area (Å²) in [5.41, 5.74) is 3.06. The Hall–Kier alpha value is -3.35. The van der Waals surface area contributed by atoms with Crippen molar-refractivity contribution in [3.63, 3.8) is 0 Å². The number of fused-ring (bicyclic) bond motifs is 1. The number of nitrogens with zero attached hydrogens (tertiary/aromatic N) is 1. The highest BCUT2D eigenvalue weighted by atomic mass is 79.9. The Labute approximate surface area is 201 Å². The molecule has 3 aromatic carbocycles. The normalized spacial score (nSPS) is 18.0. The lowest BCUT2D eigenvalue weighted by molar-refractivity contribution is -0.280. The molecule has 0 aliphatic carbocycles. The van der Waals surface area contributed by atoms with Gasteiger partial charge in [-0.15, -0.1) is 5.06 Å². The molecule has 1 fully saturated rings. The Morgan fingerprint density at radius 3 is 2.52 bits per heavy atom. The van der Waals surface area contributed by atoms with E-state index in [1.54, 1.807) is 5.06 Å². The van der Waals surface area contributed by atoms with Crippen LogP contribution >= 0.6 is 15.9 Å². The minimum absolute atomic E-state index is 0.149. The number of para-hydroxylation sites is 1. The summed E-state index contributed by atoms with van der Waals surface area (Å²) in [6, 6.07) is 25.8. The van der Waals surface area contributed by atoms with Crippen molar-refractivity contribution in [1.82, 2.24) is 15.4 Å². The van der Waals surface area contributed by atoms with Gasteiger partial charge in [-0.05, 0) is 41.3 Å². The second-order valence-electron chi connectivity index (χ2n) is 8.11. The predicted octanol–water partition coefficient (Wildman–Crippen LogP) is 5.45. The van der Waals surface area contributed by atoms with E-state index in [1.807, 2.05) is 72.9 Å². The third kappa shape index (κ3) is 3.86. The number of carbonyl (C=O) groups is 1. The number of aromatic amines is 1. The number of benzene rings is 3. The molecule has 4 aromatic rings. The maximum Gasteiger partial charge on any atom is 0.256 e. The summed E-state index contributed by atoms with van der Waals surface area (Å²) in [5, 5.41) is 6.03. The van der Waals surface area contributed by atoms with Crippen LogP contribution in [0, 0.1) is 0 Å². The summed E-state index contributed by atoms with van der Waals surface area (Å²) in [5.74, 6) is 0.276. The third-order valence-corrected chi connectivity index (χ3v) is 6.67. The molecule has 1 aromatic heterocycles. The van der Waals surface area contributed by atoms with Crippen LogP contribution in [0.2, 0.25) is 0 Å². The van der Waals surface area contributed by atoms with Gasteiger partial charge in [0.25, 0.3) is 5.91 Å². The van der Waals surface area contributed by atoms with Gasteiger partial charge in [-0.1, -0.05) is 83.2 Å². The summed E-state index contributed by atoms with van der Waals surface area (Å²) in [6.07, 6.45) is 2.75. The molecule has 0 saturated carbocycles. The van der Waals surface area contributed by atoms with Gasteiger partial charge < -0.3 is 15.1 Å². The number of rotatable bonds is 7. The Balaban J connectivity index is 1.42. The minimum atomic E-state index is -1.08. The highest BCUT2D eigenvalue weighted by Gasteiger charge is 2.59. The topological polar surface area (TPSA) is 57.4 Å². The molecule has 33 heavy (non-hydrogen) atoms. The highest BCUT2D eigenvalue weighted by Crippen LogP contribution is 2.46. The van der Waals surface area contributed by atoms with Gasteiger partial charge in [0.15, 0.2) is 5.76 Å². The molecule has 0 radical (unpaired) electrons. The standard InChI is InChI=1S/C27H24BrN3O2/c1-19-27(22-11-13-23(28)14-12-22,26(32)30-17-20-7-3-2-4-8-20)31(33-19)16-15-21-18-29-25-10-6-5-9-24(21)25/h2-14,18,29H,1,15-17H2,(H,30,32). The van der Waals surface area contributed by atoms with Crippen molar-refractivity contribution in [2.75, 3.05) is 6.54 Å². The number of hydrogen-bond donors (Lipinski definition) is 2. The van der Waals surface area contributed by atoms with Gasteiger partial charge in [-0.3, -0.25) is 4.79 Å². The van der Waals surface area contributed by atoms with Crippen molar-refractivity contribution < 1.29 is 9.63 Å². The summed E-state index contributed by atoms with van der Waals surface area (Å²) in [6.45, 7) is 5.06. The van der Waals surface area contributed by atoms with Crippen molar-refractivity contribution in [3.05, 3.63) is 119 Å². The first kappa shape index (κ1) is 21.5. The quantitative estimate of drug-likeness (QED) is 0.354. The van der Waals surface area contributed by atoms with Crippen LogP contribution in [0.5, 0.6) is 0 Å². The number of nitrogens with one attached hydrogen (secondary N) is 2. The van der Waals surface area contributed by atoms with E-state index in [4.69, 9.17) is 4.84 Å². The first-order valence-corrected chi connectivity index (χ1v) is 11.7. The Bertz CT molecular complexity index is 1300. The summed E-state index contributed by atoms with van der Waals surface area (Å²) in [7, 11) is 0.